The summed E-state index contributed by atoms with van der Waals surface area (Å²) in [5.41, 5.74) is 0. The molecule has 0 fully saturated rings. The number of nitrogens with one attached hydrogen (secondary N) is 1. The molecule has 2 amide bonds. The average molecular weight is 215 g/mol. The van der Waals surface area contributed by atoms with Crippen LogP contribution in [0.2, 0.25) is 0 Å². The van der Waals surface area contributed by atoms with Gasteiger partial charge in [0.05, 0.1) is 0 Å². The second-order valence-electron chi connectivity index (χ2n) is 4.52. The highest BCUT2D eigenvalue weighted by molar-refractivity contribution is 5.74. The highest BCUT2D eigenvalue weighted by Gasteiger charge is 2.15. The molecule has 1 N–H and O–H groups in total. The Hall–Kier alpha value is -0.770. The molecular formula is C11H25N3O. The molecule has 0 aromatic rings. The highest BCUT2D eigenvalue weighted by atomic mass is 16.2. The van der Waals surface area contributed by atoms with Crippen LogP contribution >= 0.6 is 0 Å². The van der Waals surface area contributed by atoms with Gasteiger partial charge in [-0.3, -0.25) is 0 Å². The van der Waals surface area contributed by atoms with Crippen LogP contribution in [0.15, 0.2) is 0 Å². The van der Waals surface area contributed by atoms with Crippen LogP contribution in [-0.2, 0) is 0 Å². The van der Waals surface area contributed by atoms with E-state index in [1.54, 1.807) is 9.80 Å². The zero-order chi connectivity index (χ0) is 12.0. The summed E-state index contributed by atoms with van der Waals surface area (Å²) in [6.45, 7) is 9.81. The summed E-state index contributed by atoms with van der Waals surface area (Å²) in [6.07, 6.45) is 0. The monoisotopic (exact) mass is 215 g/mol. The van der Waals surface area contributed by atoms with Gasteiger partial charge in [-0.1, -0.05) is 13.8 Å². The molecule has 0 atom stereocenters. The third-order valence-electron chi connectivity index (χ3n) is 2.40. The fraction of sp³-hybridized carbons (Fsp3) is 0.909. The Kier molecular flexibility index (Phi) is 6.32. The van der Waals surface area contributed by atoms with Gasteiger partial charge in [-0.15, -0.1) is 0 Å². The van der Waals surface area contributed by atoms with Crippen LogP contribution in [0, 0.1) is 0 Å². The Labute approximate surface area is 93.6 Å². The van der Waals surface area contributed by atoms with Crippen LogP contribution in [0.5, 0.6) is 0 Å². The molecule has 4 nitrogen and oxygen atoms in total. The van der Waals surface area contributed by atoms with E-state index in [0.717, 1.165) is 13.1 Å². The SMILES string of the molecule is CC(C)NCCN(C)C(=O)N(C)C(C)C. The number of hydrogen-bond donors (Lipinski definition) is 1. The Balaban J connectivity index is 3.89. The Morgan fingerprint density at radius 1 is 1.20 bits per heavy atom. The number of hydrogen-bond acceptors (Lipinski definition) is 2. The molecule has 0 rings (SSSR count). The Bertz CT molecular complexity index is 192. The van der Waals surface area contributed by atoms with Gasteiger partial charge in [0.15, 0.2) is 0 Å². The van der Waals surface area contributed by atoms with Gasteiger partial charge in [0.1, 0.15) is 0 Å². The van der Waals surface area contributed by atoms with E-state index in [1.807, 2.05) is 27.9 Å². The molecule has 0 aromatic carbocycles. The van der Waals surface area contributed by atoms with Crippen molar-refractivity contribution >= 4 is 6.03 Å². The van der Waals surface area contributed by atoms with E-state index in [1.165, 1.54) is 0 Å². The summed E-state index contributed by atoms with van der Waals surface area (Å²) >= 11 is 0. The maximum absolute atomic E-state index is 11.8. The zero-order valence-corrected chi connectivity index (χ0v) is 10.9. The number of carbonyl (C=O) groups excluding carboxylic acids is 1. The molecule has 0 radical (unpaired) electrons. The summed E-state index contributed by atoms with van der Waals surface area (Å²) in [7, 11) is 3.67. The molecule has 0 saturated carbocycles. The zero-order valence-electron chi connectivity index (χ0n) is 10.9. The summed E-state index contributed by atoms with van der Waals surface area (Å²) in [5, 5.41) is 3.29. The van der Waals surface area contributed by atoms with E-state index in [9.17, 15) is 4.79 Å². The smallest absolute Gasteiger partial charge is 0.319 e. The molecule has 0 unspecified atom stereocenters. The summed E-state index contributed by atoms with van der Waals surface area (Å²) in [5.74, 6) is 0. The number of nitrogens with zero attached hydrogens (tertiary/aromatic N) is 2. The van der Waals surface area contributed by atoms with Crippen LogP contribution in [-0.4, -0.2) is 55.1 Å². The fourth-order valence-corrected chi connectivity index (χ4v) is 1.11. The van der Waals surface area contributed by atoms with E-state index in [2.05, 4.69) is 19.2 Å². The molecule has 0 aliphatic rings. The van der Waals surface area contributed by atoms with E-state index in [-0.39, 0.29) is 12.1 Å². The van der Waals surface area contributed by atoms with Crippen molar-refractivity contribution in [1.29, 1.82) is 0 Å². The molecule has 0 spiro atoms. The number of urea groups is 1. The minimum atomic E-state index is 0.0792. The van der Waals surface area contributed by atoms with Crippen molar-refractivity contribution in [3.63, 3.8) is 0 Å². The molecule has 0 heterocycles. The first-order chi connectivity index (χ1) is 6.86. The second kappa shape index (κ2) is 6.67. The van der Waals surface area contributed by atoms with Crippen LogP contribution in [0.25, 0.3) is 0 Å². The van der Waals surface area contributed by atoms with Crippen molar-refractivity contribution in [2.24, 2.45) is 0 Å². The van der Waals surface area contributed by atoms with Crippen molar-refractivity contribution in [3.05, 3.63) is 0 Å². The number of rotatable bonds is 5. The predicted octanol–water partition coefficient (Wildman–Crippen LogP) is 1.38. The van der Waals surface area contributed by atoms with Crippen LogP contribution in [0.4, 0.5) is 4.79 Å². The minimum Gasteiger partial charge on any atom is -0.326 e. The lowest BCUT2D eigenvalue weighted by molar-refractivity contribution is 0.162. The first kappa shape index (κ1) is 14.2. The number of amides is 2. The van der Waals surface area contributed by atoms with Gasteiger partial charge < -0.3 is 15.1 Å². The van der Waals surface area contributed by atoms with Crippen LogP contribution < -0.4 is 5.32 Å². The van der Waals surface area contributed by atoms with Crippen LogP contribution in [0.1, 0.15) is 27.7 Å². The maximum atomic E-state index is 11.8. The quantitative estimate of drug-likeness (QED) is 0.752. The average Bonchev–Trinajstić information content (AvgIpc) is 2.14. The lowest BCUT2D eigenvalue weighted by Gasteiger charge is -2.28. The van der Waals surface area contributed by atoms with Gasteiger partial charge in [0.2, 0.25) is 0 Å². The van der Waals surface area contributed by atoms with Gasteiger partial charge in [0, 0.05) is 39.3 Å². The summed E-state index contributed by atoms with van der Waals surface area (Å²) in [6, 6.07) is 0.796. The molecule has 90 valence electrons. The fourth-order valence-electron chi connectivity index (χ4n) is 1.11. The predicted molar refractivity (Wildman–Crippen MR) is 64.1 cm³/mol. The van der Waals surface area contributed by atoms with E-state index in [0.29, 0.717) is 6.04 Å². The molecule has 0 saturated heterocycles. The summed E-state index contributed by atoms with van der Waals surface area (Å²) in [4.78, 5) is 15.3. The third kappa shape index (κ3) is 5.62. The van der Waals surface area contributed by atoms with Gasteiger partial charge in [-0.2, -0.15) is 0 Å². The first-order valence-corrected chi connectivity index (χ1v) is 5.57. The molecule has 0 aromatic heterocycles. The van der Waals surface area contributed by atoms with E-state index < -0.39 is 0 Å². The topological polar surface area (TPSA) is 35.6 Å². The minimum absolute atomic E-state index is 0.0792. The third-order valence-corrected chi connectivity index (χ3v) is 2.40. The molecule has 15 heavy (non-hydrogen) atoms. The highest BCUT2D eigenvalue weighted by Crippen LogP contribution is 1.99. The van der Waals surface area contributed by atoms with Crippen LogP contribution in [0.3, 0.4) is 0 Å². The van der Waals surface area contributed by atoms with E-state index >= 15 is 0 Å². The maximum Gasteiger partial charge on any atom is 0.319 e. The van der Waals surface area contributed by atoms with Crippen molar-refractivity contribution in [2.75, 3.05) is 27.2 Å². The lowest BCUT2D eigenvalue weighted by atomic mass is 10.3. The van der Waals surface area contributed by atoms with Crippen molar-refractivity contribution in [1.82, 2.24) is 15.1 Å². The van der Waals surface area contributed by atoms with Crippen molar-refractivity contribution in [2.45, 2.75) is 39.8 Å². The van der Waals surface area contributed by atoms with Gasteiger partial charge in [-0.05, 0) is 13.8 Å². The molecule has 0 aliphatic heterocycles. The molecule has 0 aliphatic carbocycles. The standard InChI is InChI=1S/C11H25N3O/c1-9(2)12-7-8-13(5)11(15)14(6)10(3)4/h9-10,12H,7-8H2,1-6H3. The van der Waals surface area contributed by atoms with Crippen molar-refractivity contribution in [3.8, 4) is 0 Å². The first-order valence-electron chi connectivity index (χ1n) is 5.57. The Morgan fingerprint density at radius 3 is 2.13 bits per heavy atom. The summed E-state index contributed by atoms with van der Waals surface area (Å²) < 4.78 is 0. The largest absolute Gasteiger partial charge is 0.326 e. The van der Waals surface area contributed by atoms with E-state index in [4.69, 9.17) is 0 Å². The molecule has 4 heteroatoms. The normalized spacial score (nSPS) is 10.9. The van der Waals surface area contributed by atoms with Gasteiger partial charge in [0.25, 0.3) is 0 Å². The van der Waals surface area contributed by atoms with Gasteiger partial charge in [-0.25, -0.2) is 4.79 Å². The Morgan fingerprint density at radius 2 is 1.73 bits per heavy atom. The lowest BCUT2D eigenvalue weighted by Crippen LogP contribution is -2.45. The second-order valence-corrected chi connectivity index (χ2v) is 4.52. The van der Waals surface area contributed by atoms with Crippen molar-refractivity contribution < 1.29 is 4.79 Å². The van der Waals surface area contributed by atoms with Gasteiger partial charge >= 0.3 is 6.03 Å². The number of likely N-dealkylation sites (N-methyl/N-ethyl adjacent to an activating group) is 1. The number of carbonyl (C=O) groups is 1. The molecular weight excluding hydrogens is 190 g/mol. The molecule has 0 bridgehead atoms.